The number of hydrogen-bond acceptors (Lipinski definition) is 5. The van der Waals surface area contributed by atoms with Crippen LogP contribution in [0.15, 0.2) is 47.0 Å². The molecule has 26 heavy (non-hydrogen) atoms. The van der Waals surface area contributed by atoms with Gasteiger partial charge >= 0.3 is 6.03 Å². The number of carbonyl (C=O) groups excluding carboxylic acids is 1. The largest absolute Gasteiger partial charge is 0.434 e. The molecule has 4 rings (SSSR count). The van der Waals surface area contributed by atoms with Gasteiger partial charge in [-0.25, -0.2) is 9.78 Å². The van der Waals surface area contributed by atoms with Crippen molar-refractivity contribution in [2.75, 3.05) is 25.0 Å². The summed E-state index contributed by atoms with van der Waals surface area (Å²) in [5.74, 6) is 0.626. The smallest absolute Gasteiger partial charge is 0.321 e. The summed E-state index contributed by atoms with van der Waals surface area (Å²) in [6.45, 7) is 1.41. The van der Waals surface area contributed by atoms with E-state index in [1.165, 1.54) is 0 Å². The van der Waals surface area contributed by atoms with Gasteiger partial charge in [-0.3, -0.25) is 0 Å². The van der Waals surface area contributed by atoms with Crippen molar-refractivity contribution in [3.8, 4) is 11.5 Å². The molecule has 1 aliphatic rings. The number of likely N-dealkylation sites (tertiary alicyclic amines) is 1. The lowest BCUT2D eigenvalue weighted by Gasteiger charge is -2.31. The van der Waals surface area contributed by atoms with Crippen molar-refractivity contribution in [2.45, 2.75) is 12.8 Å². The van der Waals surface area contributed by atoms with Gasteiger partial charge in [0.05, 0.1) is 0 Å². The summed E-state index contributed by atoms with van der Waals surface area (Å²) in [4.78, 5) is 22.8. The predicted octanol–water partition coefficient (Wildman–Crippen LogP) is 3.13. The van der Waals surface area contributed by atoms with E-state index >= 15 is 0 Å². The third kappa shape index (κ3) is 3.39. The molecule has 0 spiro atoms. The number of pyridine rings is 1. The Morgan fingerprint density at radius 2 is 2.27 bits per heavy atom. The average Bonchev–Trinajstić information content (AvgIpc) is 3.12. The monoisotopic (exact) mass is 352 g/mol. The first kappa shape index (κ1) is 16.5. The molecule has 0 saturated carbocycles. The van der Waals surface area contributed by atoms with Crippen LogP contribution in [0, 0.1) is 5.92 Å². The summed E-state index contributed by atoms with van der Waals surface area (Å²) in [6, 6.07) is 10.8. The number of nitrogens with one attached hydrogen (secondary N) is 1. The standard InChI is InChI=1S/C19H20N4O3/c24-12-13-4-3-9-23(11-13)19(25)21-15-6-1-5-14(10-15)18-22-17-16(26-18)7-2-8-20-17/h1-2,5-8,10,13,24H,3-4,9,11-12H2,(H,21,25)/t13-/m1/s1. The first-order valence-electron chi connectivity index (χ1n) is 8.72. The third-order valence-electron chi connectivity index (χ3n) is 4.59. The Bertz CT molecular complexity index is 891. The zero-order chi connectivity index (χ0) is 17.9. The van der Waals surface area contributed by atoms with Crippen LogP contribution in [0.2, 0.25) is 0 Å². The maximum Gasteiger partial charge on any atom is 0.321 e. The first-order valence-corrected chi connectivity index (χ1v) is 8.72. The topological polar surface area (TPSA) is 91.5 Å². The number of amides is 2. The van der Waals surface area contributed by atoms with E-state index < -0.39 is 0 Å². The number of benzene rings is 1. The lowest BCUT2D eigenvalue weighted by Crippen LogP contribution is -2.43. The van der Waals surface area contributed by atoms with E-state index in [1.54, 1.807) is 17.2 Å². The molecular formula is C19H20N4O3. The fraction of sp³-hybridized carbons (Fsp3) is 0.316. The van der Waals surface area contributed by atoms with Gasteiger partial charge < -0.3 is 19.7 Å². The maximum absolute atomic E-state index is 12.5. The molecule has 0 radical (unpaired) electrons. The average molecular weight is 352 g/mol. The van der Waals surface area contributed by atoms with Crippen molar-refractivity contribution in [1.29, 1.82) is 0 Å². The summed E-state index contributed by atoms with van der Waals surface area (Å²) in [6.07, 6.45) is 3.54. The zero-order valence-corrected chi connectivity index (χ0v) is 14.3. The second kappa shape index (κ2) is 7.13. The number of anilines is 1. The SMILES string of the molecule is O=C(Nc1cccc(-c2nc3ncccc3o2)c1)N1CCC[C@@H](CO)C1. The van der Waals surface area contributed by atoms with Gasteiger partial charge in [0.15, 0.2) is 11.2 Å². The van der Waals surface area contributed by atoms with E-state index in [0.29, 0.717) is 35.9 Å². The van der Waals surface area contributed by atoms with Crippen LogP contribution >= 0.6 is 0 Å². The van der Waals surface area contributed by atoms with Gasteiger partial charge in [0.25, 0.3) is 0 Å². The predicted molar refractivity (Wildman–Crippen MR) is 97.6 cm³/mol. The molecule has 1 fully saturated rings. The minimum Gasteiger partial charge on any atom is -0.434 e. The molecule has 1 atom stereocenters. The highest BCUT2D eigenvalue weighted by atomic mass is 16.3. The molecule has 2 aromatic heterocycles. The number of piperidine rings is 1. The van der Waals surface area contributed by atoms with Crippen LogP contribution in [0.5, 0.6) is 0 Å². The van der Waals surface area contributed by atoms with Gasteiger partial charge in [0, 0.05) is 37.1 Å². The molecule has 0 bridgehead atoms. The molecule has 0 aliphatic carbocycles. The van der Waals surface area contributed by atoms with E-state index in [1.807, 2.05) is 30.3 Å². The lowest BCUT2D eigenvalue weighted by atomic mass is 9.99. The van der Waals surface area contributed by atoms with Gasteiger partial charge in [-0.15, -0.1) is 0 Å². The molecule has 3 heterocycles. The van der Waals surface area contributed by atoms with Crippen molar-refractivity contribution >= 4 is 22.9 Å². The fourth-order valence-electron chi connectivity index (χ4n) is 3.22. The van der Waals surface area contributed by atoms with Crippen LogP contribution < -0.4 is 5.32 Å². The van der Waals surface area contributed by atoms with E-state index in [-0.39, 0.29) is 18.6 Å². The van der Waals surface area contributed by atoms with Gasteiger partial charge in [0.2, 0.25) is 5.89 Å². The van der Waals surface area contributed by atoms with E-state index in [2.05, 4.69) is 15.3 Å². The first-order chi connectivity index (χ1) is 12.7. The number of aromatic nitrogens is 2. The molecule has 3 aromatic rings. The molecule has 7 heteroatoms. The minimum absolute atomic E-state index is 0.116. The number of fused-ring (bicyclic) bond motifs is 1. The number of aliphatic hydroxyl groups is 1. The minimum atomic E-state index is -0.153. The molecule has 1 saturated heterocycles. The van der Waals surface area contributed by atoms with Crippen LogP contribution in [0.4, 0.5) is 10.5 Å². The van der Waals surface area contributed by atoms with E-state index in [4.69, 9.17) is 4.42 Å². The van der Waals surface area contributed by atoms with E-state index in [0.717, 1.165) is 18.4 Å². The molecule has 2 N–H and O–H groups in total. The Morgan fingerprint density at radius 3 is 3.12 bits per heavy atom. The molecule has 1 aliphatic heterocycles. The number of aliphatic hydroxyl groups excluding tert-OH is 1. The van der Waals surface area contributed by atoms with Crippen LogP contribution in [0.25, 0.3) is 22.7 Å². The molecule has 1 aromatic carbocycles. The second-order valence-corrected chi connectivity index (χ2v) is 6.49. The van der Waals surface area contributed by atoms with Crippen molar-refractivity contribution < 1.29 is 14.3 Å². The molecular weight excluding hydrogens is 332 g/mol. The summed E-state index contributed by atoms with van der Waals surface area (Å²) < 4.78 is 5.73. The third-order valence-corrected chi connectivity index (χ3v) is 4.59. The molecule has 7 nitrogen and oxygen atoms in total. The highest BCUT2D eigenvalue weighted by molar-refractivity contribution is 5.90. The van der Waals surface area contributed by atoms with Crippen molar-refractivity contribution in [2.24, 2.45) is 5.92 Å². The Morgan fingerprint density at radius 1 is 1.35 bits per heavy atom. The summed E-state index contributed by atoms with van der Waals surface area (Å²) in [7, 11) is 0. The molecule has 2 amide bonds. The summed E-state index contributed by atoms with van der Waals surface area (Å²) in [5, 5.41) is 12.2. The molecule has 0 unspecified atom stereocenters. The van der Waals surface area contributed by atoms with Crippen molar-refractivity contribution in [3.63, 3.8) is 0 Å². The van der Waals surface area contributed by atoms with Crippen LogP contribution in [0.3, 0.4) is 0 Å². The number of carbonyl (C=O) groups is 1. The highest BCUT2D eigenvalue weighted by Gasteiger charge is 2.23. The number of urea groups is 1. The fourth-order valence-corrected chi connectivity index (χ4v) is 3.22. The van der Waals surface area contributed by atoms with Crippen LogP contribution in [0.1, 0.15) is 12.8 Å². The van der Waals surface area contributed by atoms with Crippen molar-refractivity contribution in [3.05, 3.63) is 42.6 Å². The van der Waals surface area contributed by atoms with Gasteiger partial charge in [0.1, 0.15) is 0 Å². The van der Waals surface area contributed by atoms with Gasteiger partial charge in [-0.2, -0.15) is 4.98 Å². The Hall–Kier alpha value is -2.93. The Labute approximate surface area is 150 Å². The second-order valence-electron chi connectivity index (χ2n) is 6.49. The Balaban J connectivity index is 1.51. The summed E-state index contributed by atoms with van der Waals surface area (Å²) >= 11 is 0. The normalized spacial score (nSPS) is 17.4. The lowest BCUT2D eigenvalue weighted by molar-refractivity contribution is 0.136. The van der Waals surface area contributed by atoms with Crippen molar-refractivity contribution in [1.82, 2.24) is 14.9 Å². The number of nitrogens with zero attached hydrogens (tertiary/aromatic N) is 3. The van der Waals surface area contributed by atoms with Gasteiger partial charge in [-0.1, -0.05) is 6.07 Å². The quantitative estimate of drug-likeness (QED) is 0.756. The van der Waals surface area contributed by atoms with Crippen LogP contribution in [-0.2, 0) is 0 Å². The maximum atomic E-state index is 12.5. The van der Waals surface area contributed by atoms with E-state index in [9.17, 15) is 9.90 Å². The van der Waals surface area contributed by atoms with Gasteiger partial charge in [-0.05, 0) is 49.1 Å². The number of rotatable bonds is 3. The van der Waals surface area contributed by atoms with Crippen LogP contribution in [-0.4, -0.2) is 45.7 Å². The highest BCUT2D eigenvalue weighted by Crippen LogP contribution is 2.25. The zero-order valence-electron chi connectivity index (χ0n) is 14.3. The Kier molecular flexibility index (Phi) is 4.53. The number of hydrogen-bond donors (Lipinski definition) is 2. The number of oxazole rings is 1. The molecule has 134 valence electrons. The summed E-state index contributed by atoms with van der Waals surface area (Å²) in [5.41, 5.74) is 2.63.